The molecule has 0 aliphatic heterocycles. The minimum Gasteiger partial charge on any atom is -0.480 e. The molecule has 0 spiro atoms. The summed E-state index contributed by atoms with van der Waals surface area (Å²) in [5, 5.41) is 9.49. The zero-order valence-electron chi connectivity index (χ0n) is 18.3. The maximum absolute atomic E-state index is 11.6. The second-order valence-electron chi connectivity index (χ2n) is 8.17. The summed E-state index contributed by atoms with van der Waals surface area (Å²) in [7, 11) is 0. The van der Waals surface area contributed by atoms with Crippen LogP contribution in [0.4, 0.5) is 0 Å². The van der Waals surface area contributed by atoms with E-state index < -0.39 is 12.0 Å². The molecule has 3 atom stereocenters. The summed E-state index contributed by atoms with van der Waals surface area (Å²) in [4.78, 5) is 13.3. The van der Waals surface area contributed by atoms with Gasteiger partial charge in [-0.1, -0.05) is 96.8 Å². The van der Waals surface area contributed by atoms with Crippen molar-refractivity contribution in [3.05, 3.63) is 0 Å². The SMILES string of the molecule is CCCCCCCCCCCCCCCCC(C(=O)O)N(C(C)N)C(C)N. The summed E-state index contributed by atoms with van der Waals surface area (Å²) < 4.78 is 0. The van der Waals surface area contributed by atoms with Crippen molar-refractivity contribution in [2.45, 2.75) is 135 Å². The van der Waals surface area contributed by atoms with Gasteiger partial charge in [-0.25, -0.2) is 0 Å². The van der Waals surface area contributed by atoms with E-state index in [1.165, 1.54) is 77.0 Å². The Balaban J connectivity index is 3.65. The zero-order chi connectivity index (χ0) is 20.5. The van der Waals surface area contributed by atoms with Gasteiger partial charge in [-0.2, -0.15) is 0 Å². The van der Waals surface area contributed by atoms with Crippen LogP contribution in [0, 0.1) is 0 Å². The van der Waals surface area contributed by atoms with Gasteiger partial charge in [0, 0.05) is 0 Å². The third-order valence-corrected chi connectivity index (χ3v) is 5.42. The van der Waals surface area contributed by atoms with Gasteiger partial charge in [0.15, 0.2) is 0 Å². The smallest absolute Gasteiger partial charge is 0.321 e. The van der Waals surface area contributed by atoms with E-state index in [1.807, 2.05) is 0 Å². The van der Waals surface area contributed by atoms with Crippen LogP contribution in [0.2, 0.25) is 0 Å². The minimum absolute atomic E-state index is 0.349. The standard InChI is InChI=1S/C22H47N3O2/c1-4-5-6-7-8-9-10-11-12-13-14-15-16-17-18-21(22(26)27)25(19(2)23)20(3)24/h19-21H,4-18,23-24H2,1-3H3,(H,26,27). The number of hydrogen-bond acceptors (Lipinski definition) is 4. The quantitative estimate of drug-likeness (QED) is 0.209. The highest BCUT2D eigenvalue weighted by atomic mass is 16.4. The second kappa shape index (κ2) is 17.4. The molecular formula is C22H47N3O2. The summed E-state index contributed by atoms with van der Waals surface area (Å²) in [6.07, 6.45) is 18.1. The van der Waals surface area contributed by atoms with Crippen LogP contribution >= 0.6 is 0 Å². The van der Waals surface area contributed by atoms with E-state index in [0.29, 0.717) is 6.42 Å². The van der Waals surface area contributed by atoms with Crippen molar-refractivity contribution in [1.82, 2.24) is 4.90 Å². The number of unbranched alkanes of at least 4 members (excludes halogenated alkanes) is 13. The van der Waals surface area contributed by atoms with Crippen molar-refractivity contribution < 1.29 is 9.90 Å². The van der Waals surface area contributed by atoms with Crippen LogP contribution in [0.25, 0.3) is 0 Å². The minimum atomic E-state index is -0.820. The predicted molar refractivity (Wildman–Crippen MR) is 115 cm³/mol. The molecule has 0 heterocycles. The number of carboxylic acid groups (broad SMARTS) is 1. The number of nitrogens with zero attached hydrogens (tertiary/aromatic N) is 1. The van der Waals surface area contributed by atoms with Crippen LogP contribution in [0.15, 0.2) is 0 Å². The molecule has 3 unspecified atom stereocenters. The van der Waals surface area contributed by atoms with Crippen molar-refractivity contribution in [3.63, 3.8) is 0 Å². The second-order valence-corrected chi connectivity index (χ2v) is 8.17. The Hall–Kier alpha value is -0.650. The lowest BCUT2D eigenvalue weighted by atomic mass is 10.0. The van der Waals surface area contributed by atoms with Crippen LogP contribution in [-0.4, -0.2) is 34.3 Å². The Bertz CT molecular complexity index is 340. The summed E-state index contributed by atoms with van der Waals surface area (Å²) in [5.74, 6) is -0.820. The Morgan fingerprint density at radius 1 is 0.741 bits per heavy atom. The van der Waals surface area contributed by atoms with E-state index in [9.17, 15) is 9.90 Å². The molecule has 0 aliphatic carbocycles. The van der Waals surface area contributed by atoms with Gasteiger partial charge in [-0.15, -0.1) is 0 Å². The first kappa shape index (κ1) is 26.4. The van der Waals surface area contributed by atoms with Crippen molar-refractivity contribution in [1.29, 1.82) is 0 Å². The molecule has 0 radical (unpaired) electrons. The van der Waals surface area contributed by atoms with E-state index in [0.717, 1.165) is 12.8 Å². The van der Waals surface area contributed by atoms with Gasteiger partial charge in [-0.3, -0.25) is 9.69 Å². The van der Waals surface area contributed by atoms with Gasteiger partial charge >= 0.3 is 5.97 Å². The van der Waals surface area contributed by atoms with Gasteiger partial charge in [-0.05, 0) is 20.3 Å². The first-order valence-corrected chi connectivity index (χ1v) is 11.4. The van der Waals surface area contributed by atoms with E-state index in [4.69, 9.17) is 11.5 Å². The molecule has 5 nitrogen and oxygen atoms in total. The first-order chi connectivity index (χ1) is 12.9. The molecule has 162 valence electrons. The molecule has 0 rings (SSSR count). The molecule has 0 aromatic carbocycles. The third-order valence-electron chi connectivity index (χ3n) is 5.42. The lowest BCUT2D eigenvalue weighted by Crippen LogP contribution is -2.57. The van der Waals surface area contributed by atoms with Gasteiger partial charge in [0.1, 0.15) is 6.04 Å². The molecule has 5 heteroatoms. The van der Waals surface area contributed by atoms with Gasteiger partial charge < -0.3 is 16.6 Å². The first-order valence-electron chi connectivity index (χ1n) is 11.4. The lowest BCUT2D eigenvalue weighted by molar-refractivity contribution is -0.145. The van der Waals surface area contributed by atoms with Crippen LogP contribution in [-0.2, 0) is 4.79 Å². The third kappa shape index (κ3) is 14.1. The monoisotopic (exact) mass is 385 g/mol. The largest absolute Gasteiger partial charge is 0.480 e. The molecule has 5 N–H and O–H groups in total. The predicted octanol–water partition coefficient (Wildman–Crippen LogP) is 5.22. The fourth-order valence-electron chi connectivity index (χ4n) is 3.87. The summed E-state index contributed by atoms with van der Waals surface area (Å²) in [6, 6.07) is -0.581. The highest BCUT2D eigenvalue weighted by molar-refractivity contribution is 5.73. The number of rotatable bonds is 19. The summed E-state index contributed by atoms with van der Waals surface area (Å²) in [6.45, 7) is 5.86. The lowest BCUT2D eigenvalue weighted by Gasteiger charge is -2.35. The number of carbonyl (C=O) groups is 1. The fourth-order valence-corrected chi connectivity index (χ4v) is 3.87. The van der Waals surface area contributed by atoms with E-state index in [1.54, 1.807) is 18.7 Å². The van der Waals surface area contributed by atoms with Crippen molar-refractivity contribution in [2.24, 2.45) is 11.5 Å². The Morgan fingerprint density at radius 3 is 1.37 bits per heavy atom. The zero-order valence-corrected chi connectivity index (χ0v) is 18.3. The molecule has 0 amide bonds. The Kier molecular flexibility index (Phi) is 17.0. The number of carboxylic acids is 1. The van der Waals surface area contributed by atoms with Gasteiger partial charge in [0.2, 0.25) is 0 Å². The molecule has 27 heavy (non-hydrogen) atoms. The number of nitrogens with two attached hydrogens (primary N) is 2. The van der Waals surface area contributed by atoms with Crippen LogP contribution in [0.3, 0.4) is 0 Å². The van der Waals surface area contributed by atoms with Crippen molar-refractivity contribution >= 4 is 5.97 Å². The van der Waals surface area contributed by atoms with E-state index in [-0.39, 0.29) is 12.3 Å². The van der Waals surface area contributed by atoms with Crippen LogP contribution in [0.1, 0.15) is 117 Å². The maximum atomic E-state index is 11.6. The molecule has 0 aliphatic rings. The van der Waals surface area contributed by atoms with Crippen molar-refractivity contribution in [3.8, 4) is 0 Å². The van der Waals surface area contributed by atoms with Crippen LogP contribution in [0.5, 0.6) is 0 Å². The Morgan fingerprint density at radius 2 is 1.07 bits per heavy atom. The average Bonchev–Trinajstić information content (AvgIpc) is 2.60. The average molecular weight is 386 g/mol. The molecule has 0 aromatic rings. The molecule has 0 saturated carbocycles. The number of aliphatic carboxylic acids is 1. The summed E-state index contributed by atoms with van der Waals surface area (Å²) in [5.41, 5.74) is 11.8. The molecular weight excluding hydrogens is 338 g/mol. The number of hydrogen-bond donors (Lipinski definition) is 3. The summed E-state index contributed by atoms with van der Waals surface area (Å²) >= 11 is 0. The van der Waals surface area contributed by atoms with Crippen LogP contribution < -0.4 is 11.5 Å². The maximum Gasteiger partial charge on any atom is 0.321 e. The normalized spacial score (nSPS) is 15.0. The fraction of sp³-hybridized carbons (Fsp3) is 0.955. The molecule has 0 aromatic heterocycles. The molecule has 0 bridgehead atoms. The molecule has 0 saturated heterocycles. The molecule has 0 fully saturated rings. The topological polar surface area (TPSA) is 92.6 Å². The highest BCUT2D eigenvalue weighted by Gasteiger charge is 2.29. The Labute approximate surface area is 168 Å². The highest BCUT2D eigenvalue weighted by Crippen LogP contribution is 2.16. The van der Waals surface area contributed by atoms with Gasteiger partial charge in [0.05, 0.1) is 12.3 Å². The van der Waals surface area contributed by atoms with Crippen molar-refractivity contribution in [2.75, 3.05) is 0 Å². The van der Waals surface area contributed by atoms with E-state index in [2.05, 4.69) is 6.92 Å². The van der Waals surface area contributed by atoms with E-state index >= 15 is 0 Å². The van der Waals surface area contributed by atoms with Gasteiger partial charge in [0.25, 0.3) is 0 Å².